The molecule has 0 aliphatic rings. The van der Waals surface area contributed by atoms with Gasteiger partial charge in [0.05, 0.1) is 12.2 Å². The lowest BCUT2D eigenvalue weighted by Crippen LogP contribution is -2.39. The fourth-order valence-electron chi connectivity index (χ4n) is 2.10. The second-order valence-electron chi connectivity index (χ2n) is 5.47. The Morgan fingerprint density at radius 1 is 1.12 bits per heavy atom. The zero-order valence-corrected chi connectivity index (χ0v) is 14.8. The summed E-state index contributed by atoms with van der Waals surface area (Å²) in [5.41, 5.74) is 2.78. The van der Waals surface area contributed by atoms with Gasteiger partial charge < -0.3 is 10.1 Å². The second kappa shape index (κ2) is 9.03. The van der Waals surface area contributed by atoms with Gasteiger partial charge in [0.15, 0.2) is 5.11 Å². The van der Waals surface area contributed by atoms with Gasteiger partial charge in [0.1, 0.15) is 5.75 Å². The van der Waals surface area contributed by atoms with Crippen LogP contribution in [0, 0.1) is 6.92 Å². The molecule has 2 aromatic rings. The largest absolute Gasteiger partial charge is 0.493 e. The third-order valence-corrected chi connectivity index (χ3v) is 3.64. The van der Waals surface area contributed by atoms with Crippen LogP contribution in [0.15, 0.2) is 48.5 Å². The lowest BCUT2D eigenvalue weighted by atomic mass is 10.1. The van der Waals surface area contributed by atoms with E-state index in [9.17, 15) is 4.79 Å². The molecule has 2 rings (SSSR count). The van der Waals surface area contributed by atoms with E-state index in [0.29, 0.717) is 29.6 Å². The van der Waals surface area contributed by atoms with Crippen molar-refractivity contribution in [1.29, 1.82) is 0 Å². The Bertz CT molecular complexity index is 699. The highest BCUT2D eigenvalue weighted by molar-refractivity contribution is 7.80. The molecule has 0 saturated heterocycles. The molecule has 0 radical (unpaired) electrons. The number of hydrogen-bond acceptors (Lipinski definition) is 3. The maximum Gasteiger partial charge on any atom is 0.261 e. The second-order valence-corrected chi connectivity index (χ2v) is 5.88. The molecule has 24 heavy (non-hydrogen) atoms. The molecule has 0 spiro atoms. The molecule has 0 heterocycles. The summed E-state index contributed by atoms with van der Waals surface area (Å²) in [6.45, 7) is 5.20. The van der Waals surface area contributed by atoms with Crippen LogP contribution in [0.5, 0.6) is 5.75 Å². The molecule has 0 aliphatic heterocycles. The predicted molar refractivity (Wildman–Crippen MR) is 100 cm³/mol. The lowest BCUT2D eigenvalue weighted by molar-refractivity contribution is 0.0972. The van der Waals surface area contributed by atoms with E-state index in [-0.39, 0.29) is 5.91 Å². The molecule has 0 aliphatic carbocycles. The Morgan fingerprint density at radius 3 is 2.54 bits per heavy atom. The van der Waals surface area contributed by atoms with E-state index >= 15 is 0 Å². The van der Waals surface area contributed by atoms with Crippen molar-refractivity contribution in [3.05, 3.63) is 65.2 Å². The molecule has 5 heteroatoms. The minimum atomic E-state index is -0.275. The number of para-hydroxylation sites is 1. The van der Waals surface area contributed by atoms with Crippen LogP contribution >= 0.6 is 12.2 Å². The molecule has 0 aromatic heterocycles. The first kappa shape index (κ1) is 17.9. The van der Waals surface area contributed by atoms with Crippen LogP contribution in [0.4, 0.5) is 0 Å². The smallest absolute Gasteiger partial charge is 0.261 e. The normalized spacial score (nSPS) is 10.1. The van der Waals surface area contributed by atoms with Crippen LogP contribution in [0.1, 0.15) is 34.8 Å². The number of ether oxygens (including phenoxy) is 1. The molecular formula is C19H22N2O2S. The molecule has 0 bridgehead atoms. The summed E-state index contributed by atoms with van der Waals surface area (Å²) in [6.07, 6.45) is 0.881. The van der Waals surface area contributed by atoms with E-state index < -0.39 is 0 Å². The number of rotatable bonds is 6. The Labute approximate surface area is 148 Å². The quantitative estimate of drug-likeness (QED) is 0.788. The molecular weight excluding hydrogens is 320 g/mol. The van der Waals surface area contributed by atoms with Crippen molar-refractivity contribution in [2.75, 3.05) is 6.61 Å². The molecule has 4 nitrogen and oxygen atoms in total. The highest BCUT2D eigenvalue weighted by Gasteiger charge is 2.13. The van der Waals surface area contributed by atoms with Gasteiger partial charge in [-0.05, 0) is 43.3 Å². The van der Waals surface area contributed by atoms with Gasteiger partial charge in [-0.2, -0.15) is 0 Å². The van der Waals surface area contributed by atoms with Crippen molar-refractivity contribution in [2.45, 2.75) is 26.8 Å². The minimum Gasteiger partial charge on any atom is -0.493 e. The number of thiocarbonyl (C=S) groups is 1. The zero-order valence-electron chi connectivity index (χ0n) is 14.0. The summed E-state index contributed by atoms with van der Waals surface area (Å²) in [6, 6.07) is 15.3. The maximum atomic E-state index is 12.4. The maximum absolute atomic E-state index is 12.4. The first-order valence-electron chi connectivity index (χ1n) is 7.96. The molecule has 0 unspecified atom stereocenters. The number of aryl methyl sites for hydroxylation is 1. The van der Waals surface area contributed by atoms with Crippen LogP contribution in [0.3, 0.4) is 0 Å². The van der Waals surface area contributed by atoms with Crippen LogP contribution in [0.2, 0.25) is 0 Å². The van der Waals surface area contributed by atoms with Crippen molar-refractivity contribution >= 4 is 23.2 Å². The summed E-state index contributed by atoms with van der Waals surface area (Å²) in [5.74, 6) is 0.293. The van der Waals surface area contributed by atoms with Crippen molar-refractivity contribution in [2.24, 2.45) is 0 Å². The van der Waals surface area contributed by atoms with Gasteiger partial charge in [0.2, 0.25) is 0 Å². The van der Waals surface area contributed by atoms with Crippen molar-refractivity contribution in [1.82, 2.24) is 10.6 Å². The molecule has 0 atom stereocenters. The van der Waals surface area contributed by atoms with E-state index in [4.69, 9.17) is 17.0 Å². The van der Waals surface area contributed by atoms with Crippen LogP contribution in [0.25, 0.3) is 0 Å². The van der Waals surface area contributed by atoms with Crippen molar-refractivity contribution in [3.8, 4) is 5.75 Å². The number of amides is 1. The SMILES string of the molecule is CCCOc1ccccc1C(=O)NC(=S)NCc1ccc(C)cc1. The van der Waals surface area contributed by atoms with Gasteiger partial charge in [0, 0.05) is 6.54 Å². The van der Waals surface area contributed by atoms with E-state index in [1.54, 1.807) is 18.2 Å². The average molecular weight is 342 g/mol. The number of nitrogens with one attached hydrogen (secondary N) is 2. The zero-order chi connectivity index (χ0) is 17.4. The summed E-state index contributed by atoms with van der Waals surface area (Å²) < 4.78 is 5.60. The van der Waals surface area contributed by atoms with Gasteiger partial charge in [-0.25, -0.2) is 0 Å². The fourth-order valence-corrected chi connectivity index (χ4v) is 2.26. The first-order valence-corrected chi connectivity index (χ1v) is 8.37. The topological polar surface area (TPSA) is 50.4 Å². The average Bonchev–Trinajstić information content (AvgIpc) is 2.59. The first-order chi connectivity index (χ1) is 11.6. The summed E-state index contributed by atoms with van der Waals surface area (Å²) >= 11 is 5.20. The standard InChI is InChI=1S/C19H22N2O2S/c1-3-12-23-17-7-5-4-6-16(17)18(22)21-19(24)20-13-15-10-8-14(2)9-11-15/h4-11H,3,12-13H2,1-2H3,(H2,20,21,22,24). The monoisotopic (exact) mass is 342 g/mol. The fraction of sp³-hybridized carbons (Fsp3) is 0.263. The van der Waals surface area contributed by atoms with E-state index in [2.05, 4.69) is 10.6 Å². The lowest BCUT2D eigenvalue weighted by Gasteiger charge is -2.12. The molecule has 1 amide bonds. The van der Waals surface area contributed by atoms with Gasteiger partial charge in [-0.3, -0.25) is 10.1 Å². The Balaban J connectivity index is 1.91. The molecule has 2 N–H and O–H groups in total. The number of hydrogen-bond donors (Lipinski definition) is 2. The molecule has 0 saturated carbocycles. The third kappa shape index (κ3) is 5.35. The number of carbonyl (C=O) groups excluding carboxylic acids is 1. The van der Waals surface area contributed by atoms with Gasteiger partial charge in [-0.1, -0.05) is 48.9 Å². The van der Waals surface area contributed by atoms with Gasteiger partial charge in [-0.15, -0.1) is 0 Å². The van der Waals surface area contributed by atoms with E-state index in [0.717, 1.165) is 12.0 Å². The summed E-state index contributed by atoms with van der Waals surface area (Å²) in [7, 11) is 0. The van der Waals surface area contributed by atoms with Gasteiger partial charge in [0.25, 0.3) is 5.91 Å². The summed E-state index contributed by atoms with van der Waals surface area (Å²) in [4.78, 5) is 12.4. The highest BCUT2D eigenvalue weighted by atomic mass is 32.1. The number of benzene rings is 2. The molecule has 126 valence electrons. The van der Waals surface area contributed by atoms with Crippen LogP contribution in [-0.4, -0.2) is 17.6 Å². The van der Waals surface area contributed by atoms with Crippen molar-refractivity contribution < 1.29 is 9.53 Å². The molecule has 2 aromatic carbocycles. The van der Waals surface area contributed by atoms with E-state index in [1.807, 2.05) is 44.2 Å². The van der Waals surface area contributed by atoms with Crippen LogP contribution in [-0.2, 0) is 6.54 Å². The minimum absolute atomic E-state index is 0.275. The van der Waals surface area contributed by atoms with Crippen LogP contribution < -0.4 is 15.4 Å². The molecule has 0 fully saturated rings. The Kier molecular flexibility index (Phi) is 6.75. The highest BCUT2D eigenvalue weighted by Crippen LogP contribution is 2.17. The third-order valence-electron chi connectivity index (χ3n) is 3.39. The summed E-state index contributed by atoms with van der Waals surface area (Å²) in [5, 5.41) is 6.03. The Hall–Kier alpha value is -2.40. The Morgan fingerprint density at radius 2 is 1.83 bits per heavy atom. The van der Waals surface area contributed by atoms with Crippen molar-refractivity contribution in [3.63, 3.8) is 0 Å². The predicted octanol–water partition coefficient (Wildman–Crippen LogP) is 3.59. The number of carbonyl (C=O) groups is 1. The van der Waals surface area contributed by atoms with E-state index in [1.165, 1.54) is 5.56 Å². The van der Waals surface area contributed by atoms with Gasteiger partial charge >= 0.3 is 0 Å².